The normalized spacial score (nSPS) is 18.9. The van der Waals surface area contributed by atoms with Crippen LogP contribution >= 0.6 is 0 Å². The number of amides is 1. The largest absolute Gasteiger partial charge is 0.352 e. The molecule has 23 heavy (non-hydrogen) atoms. The van der Waals surface area contributed by atoms with Crippen LogP contribution in [-0.2, 0) is 0 Å². The molecule has 0 spiro atoms. The second-order valence-corrected chi connectivity index (χ2v) is 7.04. The van der Waals surface area contributed by atoms with Crippen molar-refractivity contribution in [3.63, 3.8) is 0 Å². The van der Waals surface area contributed by atoms with Gasteiger partial charge in [0.05, 0.1) is 11.1 Å². The van der Waals surface area contributed by atoms with Gasteiger partial charge < -0.3 is 15.2 Å². The molecule has 1 aromatic heterocycles. The number of imidazole rings is 1. The molecule has 1 amide bonds. The molecule has 1 saturated heterocycles. The molecular formula is C18H26N4O. The van der Waals surface area contributed by atoms with Crippen LogP contribution in [0.25, 0.3) is 11.0 Å². The van der Waals surface area contributed by atoms with Gasteiger partial charge in [-0.3, -0.25) is 4.79 Å². The van der Waals surface area contributed by atoms with E-state index < -0.39 is 0 Å². The minimum atomic E-state index is -0.0237. The molecule has 1 aliphatic heterocycles. The Labute approximate surface area is 137 Å². The number of fused-ring (bicyclic) bond motifs is 1. The van der Waals surface area contributed by atoms with Gasteiger partial charge in [-0.2, -0.15) is 0 Å². The molecule has 1 aliphatic rings. The van der Waals surface area contributed by atoms with Crippen LogP contribution in [0.4, 0.5) is 0 Å². The van der Waals surface area contributed by atoms with E-state index >= 15 is 0 Å². The number of aromatic nitrogens is 2. The second-order valence-electron chi connectivity index (χ2n) is 7.04. The molecule has 1 unspecified atom stereocenters. The van der Waals surface area contributed by atoms with Crippen molar-refractivity contribution >= 4 is 16.9 Å². The Morgan fingerprint density at radius 1 is 1.48 bits per heavy atom. The third kappa shape index (κ3) is 3.72. The van der Waals surface area contributed by atoms with E-state index in [1.807, 2.05) is 25.1 Å². The van der Waals surface area contributed by atoms with Crippen molar-refractivity contribution in [2.24, 2.45) is 11.8 Å². The molecule has 0 saturated carbocycles. The monoisotopic (exact) mass is 314 g/mol. The molecule has 2 heterocycles. The van der Waals surface area contributed by atoms with Gasteiger partial charge in [-0.05, 0) is 43.9 Å². The molecule has 5 heteroatoms. The minimum Gasteiger partial charge on any atom is -0.352 e. The average Bonchev–Trinajstić information content (AvgIpc) is 3.08. The van der Waals surface area contributed by atoms with E-state index in [2.05, 4.69) is 34.0 Å². The van der Waals surface area contributed by atoms with Crippen LogP contribution in [0.5, 0.6) is 0 Å². The lowest BCUT2D eigenvalue weighted by molar-refractivity contribution is 0.0948. The third-order valence-electron chi connectivity index (χ3n) is 4.42. The number of aromatic amines is 1. The summed E-state index contributed by atoms with van der Waals surface area (Å²) in [6.45, 7) is 10.5. The zero-order valence-corrected chi connectivity index (χ0v) is 14.2. The fraction of sp³-hybridized carbons (Fsp3) is 0.556. The summed E-state index contributed by atoms with van der Waals surface area (Å²) < 4.78 is 0. The molecule has 0 bridgehead atoms. The van der Waals surface area contributed by atoms with Crippen LogP contribution in [-0.4, -0.2) is 47.0 Å². The maximum atomic E-state index is 12.5. The van der Waals surface area contributed by atoms with Crippen molar-refractivity contribution in [2.75, 3.05) is 26.2 Å². The number of hydrogen-bond donors (Lipinski definition) is 2. The quantitative estimate of drug-likeness (QED) is 0.892. The van der Waals surface area contributed by atoms with Crippen molar-refractivity contribution in [3.8, 4) is 0 Å². The maximum absolute atomic E-state index is 12.5. The molecule has 0 radical (unpaired) electrons. The van der Waals surface area contributed by atoms with Gasteiger partial charge in [0, 0.05) is 19.6 Å². The Morgan fingerprint density at radius 3 is 3.09 bits per heavy atom. The first kappa shape index (κ1) is 16.0. The summed E-state index contributed by atoms with van der Waals surface area (Å²) in [4.78, 5) is 22.6. The van der Waals surface area contributed by atoms with E-state index in [-0.39, 0.29) is 5.91 Å². The van der Waals surface area contributed by atoms with Crippen molar-refractivity contribution in [1.29, 1.82) is 0 Å². The standard InChI is InChI=1S/C18H26N4O/c1-12(2)10-22-8-7-14(11-22)9-19-18(23)15-5-4-6-16-17(15)21-13(3)20-16/h4-6,12,14H,7-11H2,1-3H3,(H,19,23)(H,20,21). The SMILES string of the molecule is Cc1nc2c(C(=O)NCC3CCN(CC(C)C)C3)cccc2[nH]1. The summed E-state index contributed by atoms with van der Waals surface area (Å²) in [7, 11) is 0. The Balaban J connectivity index is 1.59. The molecule has 1 atom stereocenters. The summed E-state index contributed by atoms with van der Waals surface area (Å²) in [6.07, 6.45) is 1.17. The van der Waals surface area contributed by atoms with E-state index in [4.69, 9.17) is 0 Å². The lowest BCUT2D eigenvalue weighted by atomic mass is 10.1. The van der Waals surface area contributed by atoms with E-state index in [1.54, 1.807) is 0 Å². The number of para-hydroxylation sites is 1. The Hall–Kier alpha value is -1.88. The molecule has 3 rings (SSSR count). The highest BCUT2D eigenvalue weighted by atomic mass is 16.1. The molecule has 0 aliphatic carbocycles. The van der Waals surface area contributed by atoms with Crippen LogP contribution in [0.3, 0.4) is 0 Å². The number of aryl methyl sites for hydroxylation is 1. The highest BCUT2D eigenvalue weighted by Crippen LogP contribution is 2.18. The second kappa shape index (κ2) is 6.71. The van der Waals surface area contributed by atoms with Crippen LogP contribution in [0.2, 0.25) is 0 Å². The number of benzene rings is 1. The van der Waals surface area contributed by atoms with Gasteiger partial charge in [0.1, 0.15) is 11.3 Å². The molecular weight excluding hydrogens is 288 g/mol. The summed E-state index contributed by atoms with van der Waals surface area (Å²) in [6, 6.07) is 5.69. The number of carbonyl (C=O) groups excluding carboxylic acids is 1. The average molecular weight is 314 g/mol. The number of carbonyl (C=O) groups is 1. The first-order chi connectivity index (χ1) is 11.0. The van der Waals surface area contributed by atoms with Crippen molar-refractivity contribution < 1.29 is 4.79 Å². The van der Waals surface area contributed by atoms with Gasteiger partial charge in [0.2, 0.25) is 0 Å². The van der Waals surface area contributed by atoms with E-state index in [0.717, 1.165) is 43.0 Å². The van der Waals surface area contributed by atoms with Gasteiger partial charge in [-0.15, -0.1) is 0 Å². The predicted octanol–water partition coefficient (Wildman–Crippen LogP) is 2.58. The van der Waals surface area contributed by atoms with E-state index in [0.29, 0.717) is 17.4 Å². The number of likely N-dealkylation sites (tertiary alicyclic amines) is 1. The van der Waals surface area contributed by atoms with Gasteiger partial charge in [0.25, 0.3) is 5.91 Å². The number of hydrogen-bond acceptors (Lipinski definition) is 3. The number of nitrogens with one attached hydrogen (secondary N) is 2. The lowest BCUT2D eigenvalue weighted by Crippen LogP contribution is -2.32. The summed E-state index contributed by atoms with van der Waals surface area (Å²) >= 11 is 0. The van der Waals surface area contributed by atoms with Crippen molar-refractivity contribution in [2.45, 2.75) is 27.2 Å². The maximum Gasteiger partial charge on any atom is 0.253 e. The first-order valence-electron chi connectivity index (χ1n) is 8.49. The first-order valence-corrected chi connectivity index (χ1v) is 8.49. The summed E-state index contributed by atoms with van der Waals surface area (Å²) in [5.74, 6) is 2.06. The molecule has 2 aromatic rings. The predicted molar refractivity (Wildman–Crippen MR) is 92.5 cm³/mol. The minimum absolute atomic E-state index is 0.0237. The Morgan fingerprint density at radius 2 is 2.30 bits per heavy atom. The van der Waals surface area contributed by atoms with Crippen LogP contribution in [0, 0.1) is 18.8 Å². The van der Waals surface area contributed by atoms with Crippen molar-refractivity contribution in [1.82, 2.24) is 20.2 Å². The smallest absolute Gasteiger partial charge is 0.253 e. The van der Waals surface area contributed by atoms with Crippen LogP contribution in [0.1, 0.15) is 36.5 Å². The topological polar surface area (TPSA) is 61.0 Å². The molecule has 5 nitrogen and oxygen atoms in total. The van der Waals surface area contributed by atoms with Gasteiger partial charge in [-0.25, -0.2) is 4.98 Å². The highest BCUT2D eigenvalue weighted by Gasteiger charge is 2.23. The van der Waals surface area contributed by atoms with E-state index in [9.17, 15) is 4.79 Å². The fourth-order valence-corrected chi connectivity index (χ4v) is 3.43. The highest BCUT2D eigenvalue weighted by molar-refractivity contribution is 6.04. The molecule has 124 valence electrons. The number of rotatable bonds is 5. The third-order valence-corrected chi connectivity index (χ3v) is 4.42. The zero-order chi connectivity index (χ0) is 16.4. The zero-order valence-electron chi connectivity index (χ0n) is 14.2. The molecule has 1 fully saturated rings. The van der Waals surface area contributed by atoms with Crippen LogP contribution in [0.15, 0.2) is 18.2 Å². The van der Waals surface area contributed by atoms with E-state index in [1.165, 1.54) is 6.42 Å². The number of nitrogens with zero attached hydrogens (tertiary/aromatic N) is 2. The van der Waals surface area contributed by atoms with Gasteiger partial charge in [-0.1, -0.05) is 19.9 Å². The molecule has 2 N–H and O–H groups in total. The molecule has 1 aromatic carbocycles. The van der Waals surface area contributed by atoms with Gasteiger partial charge >= 0.3 is 0 Å². The lowest BCUT2D eigenvalue weighted by Gasteiger charge is -2.18. The Bertz CT molecular complexity index is 691. The van der Waals surface area contributed by atoms with Crippen molar-refractivity contribution in [3.05, 3.63) is 29.6 Å². The van der Waals surface area contributed by atoms with Crippen LogP contribution < -0.4 is 5.32 Å². The Kier molecular flexibility index (Phi) is 4.66. The summed E-state index contributed by atoms with van der Waals surface area (Å²) in [5, 5.41) is 3.10. The number of H-pyrrole nitrogens is 1. The van der Waals surface area contributed by atoms with Gasteiger partial charge in [0.15, 0.2) is 0 Å². The summed E-state index contributed by atoms with van der Waals surface area (Å²) in [5.41, 5.74) is 2.33. The fourth-order valence-electron chi connectivity index (χ4n) is 3.43.